The van der Waals surface area contributed by atoms with Gasteiger partial charge in [-0.2, -0.15) is 0 Å². The summed E-state index contributed by atoms with van der Waals surface area (Å²) in [6.07, 6.45) is 0. The van der Waals surface area contributed by atoms with E-state index < -0.39 is 0 Å². The van der Waals surface area contributed by atoms with E-state index in [0.717, 1.165) is 32.5 Å². The third-order valence-electron chi connectivity index (χ3n) is 3.91. The van der Waals surface area contributed by atoms with Crippen molar-refractivity contribution in [1.29, 1.82) is 0 Å². The van der Waals surface area contributed by atoms with Gasteiger partial charge in [-0.05, 0) is 26.0 Å². The second-order valence-electron chi connectivity index (χ2n) is 6.19. The van der Waals surface area contributed by atoms with Crippen molar-refractivity contribution < 1.29 is 4.79 Å². The first-order valence-electron chi connectivity index (χ1n) is 8.80. The van der Waals surface area contributed by atoms with Crippen molar-refractivity contribution in [2.75, 3.05) is 11.1 Å². The molecule has 0 aliphatic carbocycles. The summed E-state index contributed by atoms with van der Waals surface area (Å²) in [7, 11) is 0. The van der Waals surface area contributed by atoms with Crippen molar-refractivity contribution in [3.63, 3.8) is 0 Å². The van der Waals surface area contributed by atoms with Gasteiger partial charge in [-0.1, -0.05) is 42.1 Å². The third-order valence-corrected chi connectivity index (χ3v) is 6.93. The summed E-state index contributed by atoms with van der Waals surface area (Å²) in [6.45, 7) is 3.87. The number of aryl methyl sites for hydroxylation is 2. The van der Waals surface area contributed by atoms with Crippen molar-refractivity contribution in [2.24, 2.45) is 0 Å². The van der Waals surface area contributed by atoms with Crippen molar-refractivity contribution in [1.82, 2.24) is 20.2 Å². The van der Waals surface area contributed by atoms with Crippen LogP contribution in [0.25, 0.3) is 21.1 Å². The molecule has 0 saturated carbocycles. The smallest absolute Gasteiger partial charge is 0.236 e. The van der Waals surface area contributed by atoms with Crippen LogP contribution in [-0.2, 0) is 4.79 Å². The maximum atomic E-state index is 12.0. The number of carbonyl (C=O) groups is 1. The Labute approximate surface area is 180 Å². The third kappa shape index (κ3) is 4.87. The van der Waals surface area contributed by atoms with Crippen LogP contribution in [0, 0.1) is 13.8 Å². The maximum absolute atomic E-state index is 12.0. The Hall–Kier alpha value is -2.62. The van der Waals surface area contributed by atoms with Crippen LogP contribution in [0.1, 0.15) is 11.4 Å². The number of thioether (sulfide) groups is 1. The average molecular weight is 440 g/mol. The molecule has 0 spiro atoms. The normalized spacial score (nSPS) is 10.8. The molecule has 29 heavy (non-hydrogen) atoms. The lowest BCUT2D eigenvalue weighted by molar-refractivity contribution is -0.113. The Morgan fingerprint density at radius 1 is 1.07 bits per heavy atom. The zero-order chi connectivity index (χ0) is 20.2. The number of aromatic nitrogens is 4. The Kier molecular flexibility index (Phi) is 5.98. The Bertz CT molecular complexity index is 1120. The minimum Gasteiger partial charge on any atom is -0.301 e. The van der Waals surface area contributed by atoms with Crippen LogP contribution < -0.4 is 5.32 Å². The largest absolute Gasteiger partial charge is 0.301 e. The fraction of sp³-hybridized carbons (Fsp3) is 0.150. The monoisotopic (exact) mass is 439 g/mol. The van der Waals surface area contributed by atoms with Gasteiger partial charge in [0.25, 0.3) is 0 Å². The van der Waals surface area contributed by atoms with E-state index in [1.165, 1.54) is 23.1 Å². The highest BCUT2D eigenvalue weighted by Gasteiger charge is 2.13. The lowest BCUT2D eigenvalue weighted by Crippen LogP contribution is -2.14. The first-order valence-corrected chi connectivity index (χ1v) is 11.5. The number of hydrogen-bond acceptors (Lipinski definition) is 8. The Morgan fingerprint density at radius 3 is 2.59 bits per heavy atom. The molecule has 1 amide bonds. The van der Waals surface area contributed by atoms with Crippen LogP contribution in [0.4, 0.5) is 5.13 Å². The molecule has 1 aromatic carbocycles. The number of thiazole rings is 2. The van der Waals surface area contributed by atoms with Crippen LogP contribution >= 0.6 is 34.4 Å². The van der Waals surface area contributed by atoms with Crippen LogP contribution in [0.5, 0.6) is 0 Å². The van der Waals surface area contributed by atoms with Crippen LogP contribution in [0.2, 0.25) is 0 Å². The van der Waals surface area contributed by atoms with Gasteiger partial charge in [0.05, 0.1) is 22.0 Å². The van der Waals surface area contributed by atoms with E-state index in [2.05, 4.69) is 25.5 Å². The molecule has 4 rings (SSSR count). The summed E-state index contributed by atoms with van der Waals surface area (Å²) in [4.78, 5) is 21.9. The van der Waals surface area contributed by atoms with Gasteiger partial charge >= 0.3 is 0 Å². The minimum atomic E-state index is -0.110. The summed E-state index contributed by atoms with van der Waals surface area (Å²) in [5.74, 6) is 0.144. The SMILES string of the molecule is Cc1csc(NC(=O)CSc2ccc(-c3sc(-c4ccccc4)nc3C)nn2)n1. The van der Waals surface area contributed by atoms with Gasteiger partial charge < -0.3 is 5.32 Å². The summed E-state index contributed by atoms with van der Waals surface area (Å²) >= 11 is 4.36. The summed E-state index contributed by atoms with van der Waals surface area (Å²) in [5, 5.41) is 15.6. The number of nitrogens with one attached hydrogen (secondary N) is 1. The number of nitrogens with zero attached hydrogens (tertiary/aromatic N) is 4. The van der Waals surface area contributed by atoms with E-state index in [0.29, 0.717) is 10.2 Å². The van der Waals surface area contributed by atoms with Gasteiger partial charge in [0.1, 0.15) is 15.7 Å². The molecule has 0 atom stereocenters. The number of amides is 1. The highest BCUT2D eigenvalue weighted by Crippen LogP contribution is 2.34. The molecule has 0 bridgehead atoms. The molecule has 0 aliphatic rings. The summed E-state index contributed by atoms with van der Waals surface area (Å²) < 4.78 is 0. The van der Waals surface area contributed by atoms with Gasteiger partial charge in [0, 0.05) is 10.9 Å². The highest BCUT2D eigenvalue weighted by atomic mass is 32.2. The highest BCUT2D eigenvalue weighted by molar-refractivity contribution is 7.99. The second kappa shape index (κ2) is 8.81. The van der Waals surface area contributed by atoms with Crippen LogP contribution in [0.3, 0.4) is 0 Å². The number of hydrogen-bond donors (Lipinski definition) is 1. The predicted octanol–water partition coefficient (Wildman–Crippen LogP) is 5.07. The molecule has 0 radical (unpaired) electrons. The quantitative estimate of drug-likeness (QED) is 0.422. The number of carbonyl (C=O) groups excluding carboxylic acids is 1. The first kappa shape index (κ1) is 19.7. The van der Waals surface area contributed by atoms with Crippen LogP contribution in [0.15, 0.2) is 52.9 Å². The molecular weight excluding hydrogens is 422 g/mol. The van der Waals surface area contributed by atoms with Crippen molar-refractivity contribution in [3.05, 3.63) is 59.2 Å². The molecular formula is C20H17N5OS3. The molecule has 6 nitrogen and oxygen atoms in total. The molecule has 0 aliphatic heterocycles. The number of anilines is 1. The zero-order valence-electron chi connectivity index (χ0n) is 15.7. The van der Waals surface area contributed by atoms with E-state index in [9.17, 15) is 4.79 Å². The molecule has 0 fully saturated rings. The van der Waals surface area contributed by atoms with E-state index in [1.54, 1.807) is 11.3 Å². The molecule has 0 saturated heterocycles. The van der Waals surface area contributed by atoms with Gasteiger partial charge in [0.2, 0.25) is 5.91 Å². The molecule has 0 unspecified atom stereocenters. The van der Waals surface area contributed by atoms with Gasteiger partial charge in [0.15, 0.2) is 5.13 Å². The number of rotatable bonds is 6. The van der Waals surface area contributed by atoms with Gasteiger partial charge in [-0.3, -0.25) is 4.79 Å². The number of benzene rings is 1. The molecule has 3 heterocycles. The summed E-state index contributed by atoms with van der Waals surface area (Å²) in [5.41, 5.74) is 3.71. The lowest BCUT2D eigenvalue weighted by Gasteiger charge is -2.02. The van der Waals surface area contributed by atoms with Gasteiger partial charge in [-0.15, -0.1) is 32.9 Å². The van der Waals surface area contributed by atoms with Crippen molar-refractivity contribution in [3.8, 4) is 21.1 Å². The van der Waals surface area contributed by atoms with E-state index in [-0.39, 0.29) is 11.7 Å². The molecule has 4 aromatic rings. The van der Waals surface area contributed by atoms with Gasteiger partial charge in [-0.25, -0.2) is 9.97 Å². The molecule has 146 valence electrons. The minimum absolute atomic E-state index is 0.110. The summed E-state index contributed by atoms with van der Waals surface area (Å²) in [6, 6.07) is 13.9. The second-order valence-corrected chi connectivity index (χ2v) is 9.04. The zero-order valence-corrected chi connectivity index (χ0v) is 18.2. The standard InChI is InChI=1S/C20H17N5OS3/c1-12-10-28-20(21-12)23-16(26)11-27-17-9-8-15(24-25-17)18-13(2)22-19(29-18)14-6-4-3-5-7-14/h3-10H,11H2,1-2H3,(H,21,23,26). The lowest BCUT2D eigenvalue weighted by atomic mass is 10.2. The maximum Gasteiger partial charge on any atom is 0.236 e. The topological polar surface area (TPSA) is 80.7 Å². The van der Waals surface area contributed by atoms with E-state index in [4.69, 9.17) is 0 Å². The Morgan fingerprint density at radius 2 is 1.90 bits per heavy atom. The van der Waals surface area contributed by atoms with E-state index >= 15 is 0 Å². The molecule has 1 N–H and O–H groups in total. The predicted molar refractivity (Wildman–Crippen MR) is 120 cm³/mol. The first-order chi connectivity index (χ1) is 14.1. The fourth-order valence-electron chi connectivity index (χ4n) is 2.56. The van der Waals surface area contributed by atoms with Crippen molar-refractivity contribution >= 4 is 45.5 Å². The molecule has 9 heteroatoms. The van der Waals surface area contributed by atoms with E-state index in [1.807, 2.05) is 61.7 Å². The van der Waals surface area contributed by atoms with Crippen LogP contribution in [-0.4, -0.2) is 31.8 Å². The fourth-order valence-corrected chi connectivity index (χ4v) is 4.92. The molecule has 3 aromatic heterocycles. The average Bonchev–Trinajstić information content (AvgIpc) is 3.33. The Balaban J connectivity index is 1.40. The van der Waals surface area contributed by atoms with Crippen molar-refractivity contribution in [2.45, 2.75) is 18.9 Å².